The standard InChI is InChI=1S/C29H48N4O2.ClH/c1-28(2)18-22(19-29(3,4)21-28)25-17-23(32-11-9-24(35-6)10-12-32)7-8-26(25)33-15-13-31(14-16-33)20-27(34)30-5;/h7-8,17,22,24H,9-16,18-21H2,1-6H3,(H,30,34);1H. The molecular formula is C29H49ClN4O2. The molecule has 1 aromatic rings. The molecule has 3 aliphatic rings. The molecule has 0 spiro atoms. The lowest BCUT2D eigenvalue weighted by molar-refractivity contribution is -0.121. The number of rotatable bonds is 6. The molecule has 4 rings (SSSR count). The number of nitrogens with one attached hydrogen (secondary N) is 1. The minimum Gasteiger partial charge on any atom is -0.381 e. The summed E-state index contributed by atoms with van der Waals surface area (Å²) in [6.45, 7) is 16.3. The molecule has 0 aromatic heterocycles. The van der Waals surface area contributed by atoms with Crippen LogP contribution in [0, 0.1) is 10.8 Å². The predicted octanol–water partition coefficient (Wildman–Crippen LogP) is 4.91. The number of nitrogens with zero attached hydrogens (tertiary/aromatic N) is 3. The highest BCUT2D eigenvalue weighted by atomic mass is 35.5. The SMILES string of the molecule is CNC(=O)CN1CCN(c2ccc(N3CCC(OC)CC3)cc2C2CC(C)(C)CC(C)(C)C2)CC1.Cl. The number of carbonyl (C=O) groups is 1. The predicted molar refractivity (Wildman–Crippen MR) is 153 cm³/mol. The number of piperidine rings is 1. The Balaban J connectivity index is 0.00000361. The number of anilines is 2. The Bertz CT molecular complexity index is 858. The molecule has 1 aromatic carbocycles. The normalized spacial score (nSPS) is 23.3. The van der Waals surface area contributed by atoms with Crippen LogP contribution in [0.15, 0.2) is 18.2 Å². The summed E-state index contributed by atoms with van der Waals surface area (Å²) in [6, 6.07) is 7.28. The van der Waals surface area contributed by atoms with Crippen molar-refractivity contribution in [2.75, 3.05) is 69.8 Å². The average Bonchev–Trinajstić information content (AvgIpc) is 2.82. The number of ether oxygens (including phenoxy) is 1. The third-order valence-electron chi connectivity index (χ3n) is 8.51. The Kier molecular flexibility index (Phi) is 9.62. The van der Waals surface area contributed by atoms with E-state index in [1.165, 1.54) is 36.2 Å². The van der Waals surface area contributed by atoms with E-state index in [2.05, 4.69) is 65.9 Å². The topological polar surface area (TPSA) is 48.1 Å². The zero-order valence-corrected chi connectivity index (χ0v) is 24.3. The molecular weight excluding hydrogens is 472 g/mol. The first-order valence-electron chi connectivity index (χ1n) is 13.7. The van der Waals surface area contributed by atoms with Crippen LogP contribution >= 0.6 is 12.4 Å². The second-order valence-electron chi connectivity index (χ2n) is 12.7. The summed E-state index contributed by atoms with van der Waals surface area (Å²) in [7, 11) is 3.56. The lowest BCUT2D eigenvalue weighted by atomic mass is 9.60. The number of carbonyl (C=O) groups excluding carboxylic acids is 1. The summed E-state index contributed by atoms with van der Waals surface area (Å²) in [6.07, 6.45) is 6.38. The van der Waals surface area contributed by atoms with Gasteiger partial charge in [-0.25, -0.2) is 0 Å². The summed E-state index contributed by atoms with van der Waals surface area (Å²) in [5.74, 6) is 0.677. The van der Waals surface area contributed by atoms with Crippen molar-refractivity contribution in [1.82, 2.24) is 10.2 Å². The van der Waals surface area contributed by atoms with E-state index >= 15 is 0 Å². The molecule has 1 amide bonds. The van der Waals surface area contributed by atoms with Crippen LogP contribution in [0.2, 0.25) is 0 Å². The van der Waals surface area contributed by atoms with E-state index in [4.69, 9.17) is 4.74 Å². The Morgan fingerprint density at radius 1 is 0.972 bits per heavy atom. The van der Waals surface area contributed by atoms with Gasteiger partial charge in [-0.2, -0.15) is 0 Å². The number of piperazine rings is 1. The fourth-order valence-corrected chi connectivity index (χ4v) is 7.20. The van der Waals surface area contributed by atoms with Gasteiger partial charge in [-0.15, -0.1) is 12.4 Å². The number of benzene rings is 1. The van der Waals surface area contributed by atoms with Crippen LogP contribution in [-0.2, 0) is 9.53 Å². The van der Waals surface area contributed by atoms with Gasteiger partial charge in [0.25, 0.3) is 0 Å². The fraction of sp³-hybridized carbons (Fsp3) is 0.759. The molecule has 36 heavy (non-hydrogen) atoms. The Morgan fingerprint density at radius 2 is 1.58 bits per heavy atom. The minimum absolute atomic E-state index is 0. The molecule has 1 saturated carbocycles. The first kappa shape index (κ1) is 29.1. The number of methoxy groups -OCH3 is 1. The molecule has 3 fully saturated rings. The zero-order valence-electron chi connectivity index (χ0n) is 23.4. The van der Waals surface area contributed by atoms with Crippen molar-refractivity contribution in [3.8, 4) is 0 Å². The van der Waals surface area contributed by atoms with E-state index in [0.29, 0.717) is 29.4 Å². The highest BCUT2D eigenvalue weighted by Gasteiger charge is 2.40. The van der Waals surface area contributed by atoms with Gasteiger partial charge in [-0.3, -0.25) is 9.69 Å². The Hall–Kier alpha value is -1.50. The van der Waals surface area contributed by atoms with Gasteiger partial charge in [-0.1, -0.05) is 27.7 Å². The molecule has 0 radical (unpaired) electrons. The molecule has 0 bridgehead atoms. The van der Waals surface area contributed by atoms with Crippen LogP contribution in [0.3, 0.4) is 0 Å². The average molecular weight is 521 g/mol. The smallest absolute Gasteiger partial charge is 0.233 e. The number of amides is 1. The monoisotopic (exact) mass is 520 g/mol. The third kappa shape index (κ3) is 7.08. The molecule has 7 heteroatoms. The van der Waals surface area contributed by atoms with E-state index in [1.54, 1.807) is 7.05 Å². The van der Waals surface area contributed by atoms with Crippen molar-refractivity contribution in [3.05, 3.63) is 23.8 Å². The maximum atomic E-state index is 11.9. The van der Waals surface area contributed by atoms with Crippen LogP contribution in [0.25, 0.3) is 0 Å². The molecule has 0 unspecified atom stereocenters. The fourth-order valence-electron chi connectivity index (χ4n) is 7.20. The van der Waals surface area contributed by atoms with Crippen LogP contribution in [0.4, 0.5) is 11.4 Å². The molecule has 1 aliphatic carbocycles. The maximum Gasteiger partial charge on any atom is 0.233 e. The van der Waals surface area contributed by atoms with Crippen molar-refractivity contribution in [2.24, 2.45) is 10.8 Å². The van der Waals surface area contributed by atoms with E-state index in [1.807, 2.05) is 7.11 Å². The van der Waals surface area contributed by atoms with E-state index in [0.717, 1.165) is 52.1 Å². The van der Waals surface area contributed by atoms with Crippen LogP contribution in [-0.4, -0.2) is 76.9 Å². The largest absolute Gasteiger partial charge is 0.381 e. The van der Waals surface area contributed by atoms with E-state index in [-0.39, 0.29) is 18.3 Å². The van der Waals surface area contributed by atoms with Crippen LogP contribution < -0.4 is 15.1 Å². The van der Waals surface area contributed by atoms with Gasteiger partial charge in [0, 0.05) is 64.8 Å². The minimum atomic E-state index is 0. The van der Waals surface area contributed by atoms with Crippen LogP contribution in [0.5, 0.6) is 0 Å². The third-order valence-corrected chi connectivity index (χ3v) is 8.51. The molecule has 2 aliphatic heterocycles. The quantitative estimate of drug-likeness (QED) is 0.577. The number of likely N-dealkylation sites (N-methyl/N-ethyl adjacent to an activating group) is 1. The number of hydrogen-bond donors (Lipinski definition) is 1. The molecule has 2 saturated heterocycles. The van der Waals surface area contributed by atoms with Crippen molar-refractivity contribution < 1.29 is 9.53 Å². The number of hydrogen-bond acceptors (Lipinski definition) is 5. The lowest BCUT2D eigenvalue weighted by Gasteiger charge is -2.46. The van der Waals surface area contributed by atoms with Gasteiger partial charge in [0.15, 0.2) is 0 Å². The maximum absolute atomic E-state index is 11.9. The van der Waals surface area contributed by atoms with Crippen LogP contribution in [0.1, 0.15) is 71.3 Å². The molecule has 6 nitrogen and oxygen atoms in total. The lowest BCUT2D eigenvalue weighted by Crippen LogP contribution is -2.49. The molecule has 0 atom stereocenters. The first-order chi connectivity index (χ1) is 16.6. The number of halogens is 1. The van der Waals surface area contributed by atoms with Gasteiger partial charge >= 0.3 is 0 Å². The summed E-state index contributed by atoms with van der Waals surface area (Å²) in [5.41, 5.74) is 5.03. The van der Waals surface area contributed by atoms with Crippen molar-refractivity contribution >= 4 is 29.7 Å². The summed E-state index contributed by atoms with van der Waals surface area (Å²) >= 11 is 0. The van der Waals surface area contributed by atoms with Gasteiger partial charge < -0.3 is 19.9 Å². The molecule has 1 N–H and O–H groups in total. The van der Waals surface area contributed by atoms with Gasteiger partial charge in [0.05, 0.1) is 12.6 Å². The van der Waals surface area contributed by atoms with Crippen molar-refractivity contribution in [3.63, 3.8) is 0 Å². The second kappa shape index (κ2) is 11.9. The van der Waals surface area contributed by atoms with Gasteiger partial charge in [-0.05, 0) is 72.6 Å². The molecule has 204 valence electrons. The Morgan fingerprint density at radius 3 is 2.14 bits per heavy atom. The summed E-state index contributed by atoms with van der Waals surface area (Å²) < 4.78 is 5.62. The zero-order chi connectivity index (χ0) is 25.2. The molecule has 2 heterocycles. The van der Waals surface area contributed by atoms with Gasteiger partial charge in [0.1, 0.15) is 0 Å². The Labute approximate surface area is 225 Å². The second-order valence-corrected chi connectivity index (χ2v) is 12.7. The highest BCUT2D eigenvalue weighted by molar-refractivity contribution is 5.85. The highest BCUT2D eigenvalue weighted by Crippen LogP contribution is 2.53. The first-order valence-corrected chi connectivity index (χ1v) is 13.7. The van der Waals surface area contributed by atoms with Crippen molar-refractivity contribution in [2.45, 2.75) is 71.8 Å². The van der Waals surface area contributed by atoms with E-state index in [9.17, 15) is 4.79 Å². The summed E-state index contributed by atoms with van der Waals surface area (Å²) in [4.78, 5) is 19.3. The van der Waals surface area contributed by atoms with Crippen molar-refractivity contribution in [1.29, 1.82) is 0 Å². The summed E-state index contributed by atoms with van der Waals surface area (Å²) in [5, 5.41) is 2.76. The van der Waals surface area contributed by atoms with E-state index < -0.39 is 0 Å². The van der Waals surface area contributed by atoms with Gasteiger partial charge in [0.2, 0.25) is 5.91 Å².